The molecule has 1 fully saturated rings. The molecule has 1 rings (SSSR count). The fourth-order valence-electron chi connectivity index (χ4n) is 1.40. The maximum atomic E-state index is 10.9. The van der Waals surface area contributed by atoms with E-state index < -0.39 is 45.6 Å². The van der Waals surface area contributed by atoms with Crippen molar-refractivity contribution in [3.8, 4) is 0 Å². The van der Waals surface area contributed by atoms with Gasteiger partial charge < -0.3 is 30.3 Å². The quantitative estimate of drug-likeness (QED) is 0.272. The Labute approximate surface area is 94.4 Å². The second kappa shape index (κ2) is 4.13. The van der Waals surface area contributed by atoms with E-state index in [0.717, 1.165) is 0 Å². The topological polar surface area (TPSA) is 182 Å². The van der Waals surface area contributed by atoms with Crippen LogP contribution in [-0.4, -0.2) is 74.0 Å². The lowest BCUT2D eigenvalue weighted by atomic mass is 9.98. The summed E-state index contributed by atoms with van der Waals surface area (Å²) in [7, 11) is -5.53. The molecule has 0 radical (unpaired) electrons. The minimum absolute atomic E-state index is 2.13. The molecule has 17 heavy (non-hydrogen) atoms. The number of aliphatic carboxylic acids is 1. The van der Waals surface area contributed by atoms with Gasteiger partial charge >= 0.3 is 21.0 Å². The van der Waals surface area contributed by atoms with Crippen molar-refractivity contribution in [2.24, 2.45) is 0 Å². The Bertz CT molecular complexity index is 417. The summed E-state index contributed by atoms with van der Waals surface area (Å²) in [5.41, 5.74) is 0. The number of carbonyl (C=O) groups is 1. The largest absolute Gasteiger partial charge is 0.478 e. The van der Waals surface area contributed by atoms with Crippen LogP contribution in [0.15, 0.2) is 0 Å². The molecule has 10 nitrogen and oxygen atoms in total. The Balaban J connectivity index is 3.38. The zero-order valence-electron chi connectivity index (χ0n) is 8.03. The highest BCUT2D eigenvalue weighted by atomic mass is 32.2. The summed E-state index contributed by atoms with van der Waals surface area (Å²) >= 11 is 0. The first-order valence-corrected chi connectivity index (χ1v) is 5.60. The molecule has 1 aliphatic heterocycles. The van der Waals surface area contributed by atoms with Crippen molar-refractivity contribution in [2.75, 3.05) is 0 Å². The number of carboxylic acids is 1. The van der Waals surface area contributed by atoms with Crippen molar-refractivity contribution in [3.05, 3.63) is 0 Å². The van der Waals surface area contributed by atoms with E-state index >= 15 is 0 Å². The van der Waals surface area contributed by atoms with E-state index in [4.69, 9.17) is 19.9 Å². The summed E-state index contributed by atoms with van der Waals surface area (Å²) in [6, 6.07) is 0. The van der Waals surface area contributed by atoms with Crippen LogP contribution in [-0.2, 0) is 19.6 Å². The molecular formula is C6H10O10S. The predicted octanol–water partition coefficient (Wildman–Crippen LogP) is -3.91. The van der Waals surface area contributed by atoms with Gasteiger partial charge in [0.05, 0.1) is 0 Å². The van der Waals surface area contributed by atoms with Crippen LogP contribution in [0.1, 0.15) is 0 Å². The predicted molar refractivity (Wildman–Crippen MR) is 47.0 cm³/mol. The van der Waals surface area contributed by atoms with Crippen LogP contribution in [0.5, 0.6) is 0 Å². The Morgan fingerprint density at radius 3 is 1.94 bits per heavy atom. The van der Waals surface area contributed by atoms with Gasteiger partial charge in [-0.2, -0.15) is 8.42 Å². The van der Waals surface area contributed by atoms with Gasteiger partial charge in [0.25, 0.3) is 0 Å². The Kier molecular flexibility index (Phi) is 3.46. The first-order valence-electron chi connectivity index (χ1n) is 4.16. The van der Waals surface area contributed by atoms with E-state index in [1.807, 2.05) is 0 Å². The number of ether oxygens (including phenoxy) is 1. The lowest BCUT2D eigenvalue weighted by molar-refractivity contribution is -0.293. The van der Waals surface area contributed by atoms with Gasteiger partial charge in [0.2, 0.25) is 0 Å². The van der Waals surface area contributed by atoms with Crippen molar-refractivity contribution >= 4 is 16.1 Å². The van der Waals surface area contributed by atoms with Crippen LogP contribution in [0, 0.1) is 0 Å². The third-order valence-electron chi connectivity index (χ3n) is 2.33. The Morgan fingerprint density at radius 1 is 1.12 bits per heavy atom. The van der Waals surface area contributed by atoms with Crippen molar-refractivity contribution in [2.45, 2.75) is 29.5 Å². The smallest absolute Gasteiger partial charge is 0.357 e. The molecule has 0 aliphatic carbocycles. The molecule has 0 aromatic carbocycles. The second-order valence-corrected chi connectivity index (χ2v) is 4.94. The molecule has 0 amide bonds. The number of carboxylic acid groups (broad SMARTS) is 1. The molecule has 1 heterocycles. The molecule has 0 saturated carbocycles. The average Bonchev–Trinajstić information content (AvgIpc) is 2.18. The highest BCUT2D eigenvalue weighted by Crippen LogP contribution is 2.33. The van der Waals surface area contributed by atoms with E-state index in [1.165, 1.54) is 0 Å². The number of rotatable bonds is 2. The molecule has 5 atom stereocenters. The maximum Gasteiger partial charge on any atom is 0.357 e. The van der Waals surface area contributed by atoms with Gasteiger partial charge in [-0.1, -0.05) is 0 Å². The summed E-state index contributed by atoms with van der Waals surface area (Å²) < 4.78 is 34.7. The van der Waals surface area contributed by atoms with Crippen LogP contribution in [0.2, 0.25) is 0 Å². The SMILES string of the molecule is O=C(O)[C@]1(S(=O)(=O)O)O[C@H](O)[C@@H](O)[C@H](O)[C@@H]1O. The molecule has 0 aromatic heterocycles. The number of hydrogen-bond acceptors (Lipinski definition) is 8. The molecule has 0 bridgehead atoms. The van der Waals surface area contributed by atoms with Gasteiger partial charge in [-0.3, -0.25) is 4.55 Å². The number of aliphatic hydroxyl groups is 4. The highest BCUT2D eigenvalue weighted by Gasteiger charge is 2.66. The van der Waals surface area contributed by atoms with Crippen molar-refractivity contribution in [1.82, 2.24) is 0 Å². The number of aliphatic hydroxyl groups excluding tert-OH is 4. The van der Waals surface area contributed by atoms with E-state index in [-0.39, 0.29) is 0 Å². The normalized spacial score (nSPS) is 43.4. The molecule has 0 aromatic rings. The van der Waals surface area contributed by atoms with Gasteiger partial charge in [-0.25, -0.2) is 4.79 Å². The molecule has 11 heteroatoms. The van der Waals surface area contributed by atoms with Crippen molar-refractivity contribution in [3.63, 3.8) is 0 Å². The summed E-state index contributed by atoms with van der Waals surface area (Å²) in [4.78, 5) is 7.14. The zero-order chi connectivity index (χ0) is 13.6. The number of hydrogen-bond donors (Lipinski definition) is 6. The van der Waals surface area contributed by atoms with E-state index in [2.05, 4.69) is 4.74 Å². The lowest BCUT2D eigenvalue weighted by Crippen LogP contribution is -2.70. The Hall–Kier alpha value is -0.820. The van der Waals surface area contributed by atoms with Gasteiger partial charge in [0.1, 0.15) is 18.3 Å². The third kappa shape index (κ3) is 1.91. The summed E-state index contributed by atoms with van der Waals surface area (Å²) in [5, 5.41) is 45.3. The standard InChI is InChI=1S/C6H10O10S/c7-1-2(8)4(10)16-6(3(1)9,5(11)12)17(13,14)15/h1-4,7-10H,(H,11,12)(H,13,14,15)/t1-,2-,3-,4-,6-/m0/s1. The van der Waals surface area contributed by atoms with Crippen LogP contribution < -0.4 is 0 Å². The van der Waals surface area contributed by atoms with E-state index in [0.29, 0.717) is 0 Å². The molecule has 100 valence electrons. The van der Waals surface area contributed by atoms with E-state index in [1.54, 1.807) is 0 Å². The van der Waals surface area contributed by atoms with E-state index in [9.17, 15) is 23.4 Å². The molecule has 1 saturated heterocycles. The van der Waals surface area contributed by atoms with Crippen LogP contribution in [0.4, 0.5) is 0 Å². The Morgan fingerprint density at radius 2 is 1.59 bits per heavy atom. The molecule has 6 N–H and O–H groups in total. The minimum atomic E-state index is -5.53. The van der Waals surface area contributed by atoms with Crippen molar-refractivity contribution < 1.29 is 48.0 Å². The fraction of sp³-hybridized carbons (Fsp3) is 0.833. The second-order valence-electron chi connectivity index (χ2n) is 3.38. The molecule has 0 spiro atoms. The first kappa shape index (κ1) is 14.2. The zero-order valence-corrected chi connectivity index (χ0v) is 8.85. The first-order chi connectivity index (χ1) is 7.55. The molecule has 0 unspecified atom stereocenters. The van der Waals surface area contributed by atoms with Gasteiger partial charge in [-0.15, -0.1) is 0 Å². The minimum Gasteiger partial charge on any atom is -0.478 e. The monoisotopic (exact) mass is 274 g/mol. The summed E-state index contributed by atoms with van der Waals surface area (Å²) in [5.74, 6) is -2.35. The van der Waals surface area contributed by atoms with Crippen LogP contribution >= 0.6 is 0 Å². The van der Waals surface area contributed by atoms with Gasteiger partial charge in [0, 0.05) is 0 Å². The fourth-order valence-corrected chi connectivity index (χ4v) is 2.29. The van der Waals surface area contributed by atoms with Gasteiger partial charge in [-0.05, 0) is 0 Å². The van der Waals surface area contributed by atoms with Crippen LogP contribution in [0.3, 0.4) is 0 Å². The average molecular weight is 274 g/mol. The van der Waals surface area contributed by atoms with Crippen molar-refractivity contribution in [1.29, 1.82) is 0 Å². The molecule has 1 aliphatic rings. The van der Waals surface area contributed by atoms with Crippen LogP contribution in [0.25, 0.3) is 0 Å². The maximum absolute atomic E-state index is 10.9. The lowest BCUT2D eigenvalue weighted by Gasteiger charge is -2.42. The van der Waals surface area contributed by atoms with Gasteiger partial charge in [0.15, 0.2) is 6.29 Å². The highest BCUT2D eigenvalue weighted by molar-refractivity contribution is 7.88. The molecular weight excluding hydrogens is 264 g/mol. The summed E-state index contributed by atoms with van der Waals surface area (Å²) in [6.45, 7) is 0. The summed E-state index contributed by atoms with van der Waals surface area (Å²) in [6.07, 6.45) is -9.56. The third-order valence-corrected chi connectivity index (χ3v) is 3.61.